The lowest BCUT2D eigenvalue weighted by Crippen LogP contribution is -2.26. The maximum Gasteiger partial charge on any atom is 0.163 e. The number of ketones is 1. The van der Waals surface area contributed by atoms with Crippen LogP contribution < -0.4 is 15.5 Å². The summed E-state index contributed by atoms with van der Waals surface area (Å²) in [7, 11) is 0. The molecule has 2 aromatic carbocycles. The minimum Gasteiger partial charge on any atom is -0.372 e. The van der Waals surface area contributed by atoms with Crippen molar-refractivity contribution in [1.82, 2.24) is 0 Å². The number of hydrogen-bond acceptors (Lipinski definition) is 5. The zero-order valence-electron chi connectivity index (χ0n) is 18.6. The average molecular weight is 444 g/mol. The molecule has 0 fully saturated rings. The van der Waals surface area contributed by atoms with Crippen molar-refractivity contribution in [3.8, 4) is 0 Å². The van der Waals surface area contributed by atoms with Gasteiger partial charge < -0.3 is 15.5 Å². The highest BCUT2D eigenvalue weighted by Gasteiger charge is 2.36. The largest absolute Gasteiger partial charge is 0.372 e. The fourth-order valence-corrected chi connectivity index (χ4v) is 5.76. The number of allylic oxidation sites excluding steroid dienone is 1. The molecule has 32 heavy (non-hydrogen) atoms. The molecule has 0 bridgehead atoms. The average Bonchev–Trinajstić information content (AvgIpc) is 3.29. The predicted octanol–water partition coefficient (Wildman–Crippen LogP) is 6.57. The predicted molar refractivity (Wildman–Crippen MR) is 135 cm³/mol. The summed E-state index contributed by atoms with van der Waals surface area (Å²) < 4.78 is 0. The summed E-state index contributed by atoms with van der Waals surface area (Å²) in [6.45, 7) is 6.31. The van der Waals surface area contributed by atoms with E-state index in [0.29, 0.717) is 6.42 Å². The van der Waals surface area contributed by atoms with Crippen molar-refractivity contribution < 1.29 is 4.79 Å². The van der Waals surface area contributed by atoms with Gasteiger partial charge in [0.05, 0.1) is 17.4 Å². The fraction of sp³-hybridized carbons (Fsp3) is 0.296. The van der Waals surface area contributed by atoms with Gasteiger partial charge in [-0.15, -0.1) is 11.3 Å². The minimum absolute atomic E-state index is 0.163. The highest BCUT2D eigenvalue weighted by Crippen LogP contribution is 2.45. The summed E-state index contributed by atoms with van der Waals surface area (Å²) >= 11 is 1.74. The number of thiophene rings is 1. The molecule has 0 radical (unpaired) electrons. The lowest BCUT2D eigenvalue weighted by molar-refractivity contribution is -0.116. The Kier molecular flexibility index (Phi) is 5.75. The maximum absolute atomic E-state index is 13.5. The quantitative estimate of drug-likeness (QED) is 0.468. The molecule has 2 aliphatic rings. The number of anilines is 3. The number of para-hydroxylation sites is 2. The Labute approximate surface area is 194 Å². The number of fused-ring (bicyclic) bond motifs is 1. The van der Waals surface area contributed by atoms with Crippen LogP contribution in [-0.2, 0) is 4.79 Å². The number of carbonyl (C=O) groups excluding carboxylic acids is 1. The normalized spacial score (nSPS) is 20.0. The van der Waals surface area contributed by atoms with Crippen LogP contribution >= 0.6 is 11.3 Å². The number of carbonyl (C=O) groups is 1. The fourth-order valence-electron chi connectivity index (χ4n) is 4.93. The second kappa shape index (κ2) is 8.83. The zero-order valence-corrected chi connectivity index (χ0v) is 19.4. The van der Waals surface area contributed by atoms with Crippen molar-refractivity contribution in [2.45, 2.75) is 38.6 Å². The Bertz CT molecular complexity index is 1130. The van der Waals surface area contributed by atoms with E-state index in [1.807, 2.05) is 12.1 Å². The van der Waals surface area contributed by atoms with Gasteiger partial charge in [0.2, 0.25) is 0 Å². The molecule has 3 aromatic rings. The summed E-state index contributed by atoms with van der Waals surface area (Å²) in [6.07, 6.45) is 1.42. The van der Waals surface area contributed by atoms with Crippen molar-refractivity contribution >= 4 is 34.2 Å². The number of Topliss-reactive ketones (excluding diaryl/α,β-unsaturated/α-hetero) is 1. The van der Waals surface area contributed by atoms with E-state index in [9.17, 15) is 4.79 Å². The second-order valence-electron chi connectivity index (χ2n) is 8.45. The second-order valence-corrected chi connectivity index (χ2v) is 9.43. The van der Waals surface area contributed by atoms with Gasteiger partial charge in [-0.25, -0.2) is 0 Å². The van der Waals surface area contributed by atoms with Crippen LogP contribution in [-0.4, -0.2) is 18.9 Å². The number of rotatable bonds is 5. The Balaban J connectivity index is 1.56. The Morgan fingerprint density at radius 2 is 1.69 bits per heavy atom. The molecule has 0 saturated carbocycles. The van der Waals surface area contributed by atoms with Gasteiger partial charge in [0.15, 0.2) is 5.78 Å². The maximum atomic E-state index is 13.5. The zero-order chi connectivity index (χ0) is 22.1. The van der Waals surface area contributed by atoms with Crippen LogP contribution in [0.3, 0.4) is 0 Å². The van der Waals surface area contributed by atoms with Crippen molar-refractivity contribution in [3.05, 3.63) is 87.8 Å². The number of nitrogens with zero attached hydrogens (tertiary/aromatic N) is 1. The van der Waals surface area contributed by atoms with Gasteiger partial charge in [-0.05, 0) is 61.5 Å². The molecule has 4 nitrogen and oxygen atoms in total. The lowest BCUT2D eigenvalue weighted by atomic mass is 9.81. The van der Waals surface area contributed by atoms with Crippen molar-refractivity contribution in [2.24, 2.45) is 0 Å². The third kappa shape index (κ3) is 3.82. The van der Waals surface area contributed by atoms with Crippen LogP contribution in [0, 0.1) is 0 Å². The first-order valence-electron chi connectivity index (χ1n) is 11.4. The molecule has 2 atom stereocenters. The monoisotopic (exact) mass is 443 g/mol. The molecule has 2 N–H and O–H groups in total. The van der Waals surface area contributed by atoms with Gasteiger partial charge in [0.25, 0.3) is 0 Å². The van der Waals surface area contributed by atoms with Crippen LogP contribution in [0.5, 0.6) is 0 Å². The lowest BCUT2D eigenvalue weighted by Gasteiger charge is -2.29. The summed E-state index contributed by atoms with van der Waals surface area (Å²) in [6, 6.07) is 21.0. The first kappa shape index (κ1) is 20.8. The third-order valence-corrected chi connectivity index (χ3v) is 7.64. The smallest absolute Gasteiger partial charge is 0.163 e. The third-order valence-electron chi connectivity index (χ3n) is 6.61. The van der Waals surface area contributed by atoms with E-state index in [2.05, 4.69) is 83.3 Å². The van der Waals surface area contributed by atoms with E-state index in [1.165, 1.54) is 10.6 Å². The number of nitrogens with one attached hydrogen (secondary N) is 2. The molecule has 0 spiro atoms. The SMILES string of the molecule is CCN(CC)c1ccc(C2Nc3ccccc3NC3=C2C(=O)CC(c2cccs2)C3)cc1. The molecule has 1 aromatic heterocycles. The first-order valence-corrected chi connectivity index (χ1v) is 12.3. The Hall–Kier alpha value is -3.05. The van der Waals surface area contributed by atoms with Gasteiger partial charge >= 0.3 is 0 Å². The topological polar surface area (TPSA) is 44.4 Å². The minimum atomic E-state index is -0.163. The molecule has 1 aliphatic carbocycles. The van der Waals surface area contributed by atoms with Gasteiger partial charge in [0.1, 0.15) is 0 Å². The van der Waals surface area contributed by atoms with Gasteiger partial charge in [-0.2, -0.15) is 0 Å². The summed E-state index contributed by atoms with van der Waals surface area (Å²) in [5.74, 6) is 0.472. The van der Waals surface area contributed by atoms with E-state index < -0.39 is 0 Å². The highest BCUT2D eigenvalue weighted by molar-refractivity contribution is 7.10. The van der Waals surface area contributed by atoms with Crippen LogP contribution in [0.15, 0.2) is 77.3 Å². The first-order chi connectivity index (χ1) is 15.7. The van der Waals surface area contributed by atoms with E-state index in [-0.39, 0.29) is 17.7 Å². The van der Waals surface area contributed by atoms with Gasteiger partial charge in [-0.3, -0.25) is 4.79 Å². The molecule has 1 aliphatic heterocycles. The molecule has 164 valence electrons. The van der Waals surface area contributed by atoms with Crippen molar-refractivity contribution in [3.63, 3.8) is 0 Å². The molecule has 2 unspecified atom stereocenters. The number of benzene rings is 2. The van der Waals surface area contributed by atoms with Crippen molar-refractivity contribution in [2.75, 3.05) is 28.6 Å². The molecule has 0 amide bonds. The van der Waals surface area contributed by atoms with E-state index in [0.717, 1.165) is 47.7 Å². The van der Waals surface area contributed by atoms with Crippen LogP contribution in [0.25, 0.3) is 0 Å². The summed E-state index contributed by atoms with van der Waals surface area (Å²) in [5, 5.41) is 9.40. The summed E-state index contributed by atoms with van der Waals surface area (Å²) in [5.41, 5.74) is 6.32. The van der Waals surface area contributed by atoms with Crippen LogP contribution in [0.1, 0.15) is 49.1 Å². The number of hydrogen-bond donors (Lipinski definition) is 2. The molecular formula is C27H29N3OS. The molecule has 0 saturated heterocycles. The standard InChI is InChI=1S/C27H29N3OS/c1-3-30(4-2)20-13-11-18(12-14-20)27-26-23(28-21-8-5-6-9-22(21)29-27)16-19(17-24(26)31)25-10-7-15-32-25/h5-15,19,27-29H,3-4,16-17H2,1-2H3. The Morgan fingerprint density at radius 1 is 0.938 bits per heavy atom. The summed E-state index contributed by atoms with van der Waals surface area (Å²) in [4.78, 5) is 17.2. The molecule has 2 heterocycles. The van der Waals surface area contributed by atoms with Crippen LogP contribution in [0.4, 0.5) is 17.1 Å². The molecular weight excluding hydrogens is 414 g/mol. The van der Waals surface area contributed by atoms with Crippen molar-refractivity contribution in [1.29, 1.82) is 0 Å². The van der Waals surface area contributed by atoms with E-state index in [4.69, 9.17) is 0 Å². The van der Waals surface area contributed by atoms with E-state index >= 15 is 0 Å². The highest BCUT2D eigenvalue weighted by atomic mass is 32.1. The van der Waals surface area contributed by atoms with Crippen LogP contribution in [0.2, 0.25) is 0 Å². The Morgan fingerprint density at radius 3 is 2.38 bits per heavy atom. The molecule has 5 rings (SSSR count). The van der Waals surface area contributed by atoms with Gasteiger partial charge in [0, 0.05) is 47.3 Å². The van der Waals surface area contributed by atoms with E-state index in [1.54, 1.807) is 11.3 Å². The molecule has 5 heteroatoms. The van der Waals surface area contributed by atoms with Gasteiger partial charge in [-0.1, -0.05) is 30.3 Å².